The summed E-state index contributed by atoms with van der Waals surface area (Å²) in [6.07, 6.45) is 5.15. The molecule has 1 heterocycles. The fourth-order valence-corrected chi connectivity index (χ4v) is 3.51. The first-order valence-corrected chi connectivity index (χ1v) is 9.34. The molecule has 1 amide bonds. The number of nitrogens with one attached hydrogen (secondary N) is 1. The van der Waals surface area contributed by atoms with Gasteiger partial charge in [-0.25, -0.2) is 0 Å². The van der Waals surface area contributed by atoms with E-state index >= 15 is 0 Å². The zero-order chi connectivity index (χ0) is 19.4. The van der Waals surface area contributed by atoms with Crippen molar-refractivity contribution in [1.29, 1.82) is 0 Å². The van der Waals surface area contributed by atoms with E-state index in [0.29, 0.717) is 29.4 Å². The second-order valence-corrected chi connectivity index (χ2v) is 7.18. The van der Waals surface area contributed by atoms with Crippen LogP contribution in [0.3, 0.4) is 0 Å². The highest BCUT2D eigenvalue weighted by Gasteiger charge is 2.26. The number of aromatic nitrogens is 1. The molecule has 27 heavy (non-hydrogen) atoms. The summed E-state index contributed by atoms with van der Waals surface area (Å²) >= 11 is 12.1. The molecule has 1 aromatic carbocycles. The van der Waals surface area contributed by atoms with Gasteiger partial charge in [0.25, 0.3) is 5.91 Å². The molecule has 0 saturated heterocycles. The molecular formula is C19H20Cl2N2O4. The Kier molecular flexibility index (Phi) is 6.42. The number of pyridine rings is 1. The van der Waals surface area contributed by atoms with Crippen LogP contribution in [0, 0.1) is 5.92 Å². The molecule has 2 N–H and O–H groups in total. The minimum atomic E-state index is -0.390. The highest BCUT2D eigenvalue weighted by atomic mass is 35.5. The Morgan fingerprint density at radius 1 is 1.26 bits per heavy atom. The Balaban J connectivity index is 1.76. The highest BCUT2D eigenvalue weighted by molar-refractivity contribution is 6.39. The molecule has 6 nitrogen and oxygen atoms in total. The quantitative estimate of drug-likeness (QED) is 0.745. The van der Waals surface area contributed by atoms with Crippen LogP contribution in [-0.4, -0.2) is 35.8 Å². The van der Waals surface area contributed by atoms with E-state index in [4.69, 9.17) is 32.7 Å². The summed E-state index contributed by atoms with van der Waals surface area (Å²) < 4.78 is 11.2. The number of halogens is 2. The molecule has 144 valence electrons. The molecule has 0 unspecified atom stereocenters. The van der Waals surface area contributed by atoms with Crippen molar-refractivity contribution in [3.05, 3.63) is 46.2 Å². The minimum Gasteiger partial charge on any atom is -0.493 e. The van der Waals surface area contributed by atoms with E-state index in [0.717, 1.165) is 19.3 Å². The molecule has 1 fully saturated rings. The van der Waals surface area contributed by atoms with Gasteiger partial charge in [0.2, 0.25) is 0 Å². The molecule has 2 aromatic rings. The number of ether oxygens (including phenoxy) is 2. The molecule has 8 heteroatoms. The number of methoxy groups -OCH3 is 1. The van der Waals surface area contributed by atoms with Crippen molar-refractivity contribution in [2.24, 2.45) is 5.92 Å². The summed E-state index contributed by atoms with van der Waals surface area (Å²) in [7, 11) is 1.53. The first-order chi connectivity index (χ1) is 13.0. The molecule has 0 aliphatic heterocycles. The number of amides is 1. The van der Waals surface area contributed by atoms with Gasteiger partial charge >= 0.3 is 0 Å². The predicted molar refractivity (Wildman–Crippen MR) is 104 cm³/mol. The zero-order valence-corrected chi connectivity index (χ0v) is 16.3. The van der Waals surface area contributed by atoms with Crippen LogP contribution in [-0.2, 0) is 0 Å². The van der Waals surface area contributed by atoms with E-state index in [-0.39, 0.29) is 22.1 Å². The zero-order valence-electron chi connectivity index (χ0n) is 14.7. The maximum atomic E-state index is 12.6. The smallest absolute Gasteiger partial charge is 0.255 e. The number of hydrogen-bond acceptors (Lipinski definition) is 5. The molecule has 1 aliphatic rings. The standard InChI is InChI=1S/C19H20Cl2N2O4/c1-26-16-6-5-11(7-17(16)27-10-12-3-2-4-15(12)24)19(25)23-18-13(20)8-22-9-14(18)21/h5-9,12,15,24H,2-4,10H2,1H3,(H,22,23,25)/t12-,15+/m0/s1. The van der Waals surface area contributed by atoms with Crippen LogP contribution in [0.15, 0.2) is 30.6 Å². The lowest BCUT2D eigenvalue weighted by Crippen LogP contribution is -2.21. The average molecular weight is 411 g/mol. The van der Waals surface area contributed by atoms with E-state index in [1.54, 1.807) is 18.2 Å². The van der Waals surface area contributed by atoms with Crippen molar-refractivity contribution in [1.82, 2.24) is 4.98 Å². The van der Waals surface area contributed by atoms with Gasteiger partial charge in [0.05, 0.1) is 35.6 Å². The topological polar surface area (TPSA) is 80.7 Å². The fourth-order valence-electron chi connectivity index (χ4n) is 3.06. The maximum Gasteiger partial charge on any atom is 0.255 e. The van der Waals surface area contributed by atoms with Crippen LogP contribution in [0.4, 0.5) is 5.69 Å². The van der Waals surface area contributed by atoms with E-state index in [1.165, 1.54) is 19.5 Å². The number of aliphatic hydroxyl groups is 1. The Morgan fingerprint density at radius 2 is 2.00 bits per heavy atom. The van der Waals surface area contributed by atoms with Crippen LogP contribution in [0.25, 0.3) is 0 Å². The maximum absolute atomic E-state index is 12.6. The molecule has 0 bridgehead atoms. The lowest BCUT2D eigenvalue weighted by Gasteiger charge is -2.17. The number of carbonyl (C=O) groups excluding carboxylic acids is 1. The fraction of sp³-hybridized carbons (Fsp3) is 0.368. The minimum absolute atomic E-state index is 0.0848. The molecule has 0 spiro atoms. The third kappa shape index (κ3) is 4.64. The largest absolute Gasteiger partial charge is 0.493 e. The monoisotopic (exact) mass is 410 g/mol. The van der Waals surface area contributed by atoms with E-state index in [1.807, 2.05) is 0 Å². The van der Waals surface area contributed by atoms with Crippen LogP contribution < -0.4 is 14.8 Å². The van der Waals surface area contributed by atoms with Gasteiger partial charge in [-0.05, 0) is 31.0 Å². The normalized spacial score (nSPS) is 19.0. The van der Waals surface area contributed by atoms with Gasteiger partial charge in [-0.3, -0.25) is 9.78 Å². The molecular weight excluding hydrogens is 391 g/mol. The summed E-state index contributed by atoms with van der Waals surface area (Å²) in [5.74, 6) is 0.648. The lowest BCUT2D eigenvalue weighted by atomic mass is 10.1. The summed E-state index contributed by atoms with van der Waals surface area (Å²) in [5, 5.41) is 13.1. The summed E-state index contributed by atoms with van der Waals surface area (Å²) in [4.78, 5) is 16.5. The van der Waals surface area contributed by atoms with Crippen molar-refractivity contribution in [3.63, 3.8) is 0 Å². The van der Waals surface area contributed by atoms with Gasteiger partial charge in [-0.2, -0.15) is 0 Å². The van der Waals surface area contributed by atoms with Gasteiger partial charge in [-0.1, -0.05) is 29.6 Å². The molecule has 1 aliphatic carbocycles. The second kappa shape index (κ2) is 8.78. The van der Waals surface area contributed by atoms with Crippen LogP contribution in [0.2, 0.25) is 10.0 Å². The number of rotatable bonds is 6. The number of hydrogen-bond donors (Lipinski definition) is 2. The van der Waals surface area contributed by atoms with Gasteiger partial charge < -0.3 is 19.9 Å². The van der Waals surface area contributed by atoms with Crippen molar-refractivity contribution >= 4 is 34.8 Å². The van der Waals surface area contributed by atoms with Crippen LogP contribution in [0.5, 0.6) is 11.5 Å². The Morgan fingerprint density at radius 3 is 2.63 bits per heavy atom. The Labute approximate surface area is 167 Å². The molecule has 2 atom stereocenters. The third-order valence-corrected chi connectivity index (χ3v) is 5.16. The molecule has 0 radical (unpaired) electrons. The van der Waals surface area contributed by atoms with E-state index in [2.05, 4.69) is 10.3 Å². The summed E-state index contributed by atoms with van der Waals surface area (Å²) in [5.41, 5.74) is 0.660. The van der Waals surface area contributed by atoms with Gasteiger partial charge in [0, 0.05) is 23.9 Å². The number of aliphatic hydroxyl groups excluding tert-OH is 1. The van der Waals surface area contributed by atoms with Gasteiger partial charge in [-0.15, -0.1) is 0 Å². The van der Waals surface area contributed by atoms with Gasteiger partial charge in [0.15, 0.2) is 11.5 Å². The first-order valence-electron chi connectivity index (χ1n) is 8.59. The first kappa shape index (κ1) is 19.7. The summed E-state index contributed by atoms with van der Waals surface area (Å²) in [6.45, 7) is 0.366. The Bertz CT molecular complexity index is 811. The van der Waals surface area contributed by atoms with Gasteiger partial charge in [0.1, 0.15) is 0 Å². The number of nitrogens with zero attached hydrogens (tertiary/aromatic N) is 1. The summed E-state index contributed by atoms with van der Waals surface area (Å²) in [6, 6.07) is 4.87. The molecule has 1 saturated carbocycles. The number of benzene rings is 1. The third-order valence-electron chi connectivity index (χ3n) is 4.59. The van der Waals surface area contributed by atoms with Crippen molar-refractivity contribution in [2.75, 3.05) is 19.0 Å². The van der Waals surface area contributed by atoms with Crippen LogP contribution >= 0.6 is 23.2 Å². The predicted octanol–water partition coefficient (Wildman–Crippen LogP) is 4.19. The SMILES string of the molecule is COc1ccc(C(=O)Nc2c(Cl)cncc2Cl)cc1OC[C@@H]1CCC[C@H]1O. The van der Waals surface area contributed by atoms with Crippen molar-refractivity contribution in [3.8, 4) is 11.5 Å². The molecule has 3 rings (SSSR count). The Hall–Kier alpha value is -2.02. The lowest BCUT2D eigenvalue weighted by molar-refractivity contribution is 0.0968. The van der Waals surface area contributed by atoms with E-state index < -0.39 is 5.91 Å². The number of anilines is 1. The highest BCUT2D eigenvalue weighted by Crippen LogP contribution is 2.33. The second-order valence-electron chi connectivity index (χ2n) is 6.37. The number of carbonyl (C=O) groups is 1. The molecule has 1 aromatic heterocycles. The van der Waals surface area contributed by atoms with Crippen molar-refractivity contribution in [2.45, 2.75) is 25.4 Å². The van der Waals surface area contributed by atoms with E-state index in [9.17, 15) is 9.90 Å². The average Bonchev–Trinajstić information content (AvgIpc) is 3.07. The van der Waals surface area contributed by atoms with Crippen molar-refractivity contribution < 1.29 is 19.4 Å². The van der Waals surface area contributed by atoms with Crippen LogP contribution in [0.1, 0.15) is 29.6 Å².